The van der Waals surface area contributed by atoms with Crippen LogP contribution in [0, 0.1) is 0 Å². The number of hydroxylamine groups is 4. The third-order valence-electron chi connectivity index (χ3n) is 3.36. The highest BCUT2D eigenvalue weighted by atomic mass is 16.8. The van der Waals surface area contributed by atoms with E-state index >= 15 is 0 Å². The van der Waals surface area contributed by atoms with Crippen LogP contribution < -0.4 is 0 Å². The third-order valence-corrected chi connectivity index (χ3v) is 3.36. The Bertz CT molecular complexity index is 141. The average Bonchev–Trinajstić information content (AvgIpc) is 2.63. The first-order valence-electron chi connectivity index (χ1n) is 6.63. The van der Waals surface area contributed by atoms with Gasteiger partial charge in [-0.25, -0.2) is 4.94 Å². The number of nitrogens with zero attached hydrogens (tertiary/aromatic N) is 2. The summed E-state index contributed by atoms with van der Waals surface area (Å²) in [4.78, 5) is 5.96. The minimum absolute atomic E-state index is 1.12. The topological polar surface area (TPSA) is 15.7 Å². The summed E-state index contributed by atoms with van der Waals surface area (Å²) in [5, 5.41) is 4.36. The lowest BCUT2D eigenvalue weighted by molar-refractivity contribution is -0.323. The second-order valence-electron chi connectivity index (χ2n) is 4.77. The minimum atomic E-state index is 1.12. The van der Waals surface area contributed by atoms with Crippen LogP contribution >= 0.6 is 0 Å². The Balaban J connectivity index is 1.73. The first-order chi connectivity index (χ1) is 7.45. The molecule has 3 nitrogen and oxygen atoms in total. The van der Waals surface area contributed by atoms with E-state index in [-0.39, 0.29) is 0 Å². The van der Waals surface area contributed by atoms with Gasteiger partial charge in [0.05, 0.1) is 0 Å². The Labute approximate surface area is 93.3 Å². The first kappa shape index (κ1) is 11.4. The van der Waals surface area contributed by atoms with Gasteiger partial charge in [-0.15, -0.1) is 0 Å². The molecule has 2 saturated heterocycles. The van der Waals surface area contributed by atoms with Crippen LogP contribution in [0.5, 0.6) is 0 Å². The monoisotopic (exact) mass is 212 g/mol. The van der Waals surface area contributed by atoms with Crippen molar-refractivity contribution in [3.05, 3.63) is 0 Å². The van der Waals surface area contributed by atoms with Gasteiger partial charge in [-0.3, -0.25) is 0 Å². The van der Waals surface area contributed by atoms with Crippen LogP contribution in [0.2, 0.25) is 0 Å². The molecule has 0 amide bonds. The fourth-order valence-corrected chi connectivity index (χ4v) is 2.41. The maximum Gasteiger partial charge on any atom is 0.0259 e. The molecule has 3 heteroatoms. The van der Waals surface area contributed by atoms with Crippen LogP contribution in [0.4, 0.5) is 0 Å². The Morgan fingerprint density at radius 3 is 1.13 bits per heavy atom. The molecular weight excluding hydrogens is 188 g/mol. The van der Waals surface area contributed by atoms with Crippen LogP contribution in [0.3, 0.4) is 0 Å². The normalized spacial score (nSPS) is 27.2. The molecule has 2 aliphatic rings. The van der Waals surface area contributed by atoms with Gasteiger partial charge in [-0.05, 0) is 25.7 Å². The predicted octanol–water partition coefficient (Wildman–Crippen LogP) is 2.59. The van der Waals surface area contributed by atoms with E-state index in [2.05, 4.69) is 10.1 Å². The fraction of sp³-hybridized carbons (Fsp3) is 1.00. The van der Waals surface area contributed by atoms with Crippen molar-refractivity contribution in [2.24, 2.45) is 0 Å². The van der Waals surface area contributed by atoms with Crippen molar-refractivity contribution in [3.63, 3.8) is 0 Å². The van der Waals surface area contributed by atoms with Crippen molar-refractivity contribution in [1.82, 2.24) is 10.1 Å². The maximum atomic E-state index is 5.96. The zero-order chi connectivity index (χ0) is 10.3. The van der Waals surface area contributed by atoms with Gasteiger partial charge in [0.2, 0.25) is 0 Å². The molecular formula is C12H24N2O. The summed E-state index contributed by atoms with van der Waals surface area (Å²) in [7, 11) is 0. The molecule has 0 N–H and O–H groups in total. The van der Waals surface area contributed by atoms with Crippen molar-refractivity contribution in [2.75, 3.05) is 26.2 Å². The summed E-state index contributed by atoms with van der Waals surface area (Å²) in [6, 6.07) is 0. The summed E-state index contributed by atoms with van der Waals surface area (Å²) < 4.78 is 0. The van der Waals surface area contributed by atoms with E-state index < -0.39 is 0 Å². The standard InChI is InChI=1S/C12H24N2O/c1-2-6-10-13(9-5-1)15-14-11-7-3-4-8-12-14/h1-12H2. The molecule has 0 saturated carbocycles. The van der Waals surface area contributed by atoms with Crippen molar-refractivity contribution < 1.29 is 4.94 Å². The smallest absolute Gasteiger partial charge is 0.0259 e. The second-order valence-corrected chi connectivity index (χ2v) is 4.77. The van der Waals surface area contributed by atoms with Crippen molar-refractivity contribution in [3.8, 4) is 0 Å². The molecule has 0 aromatic heterocycles. The van der Waals surface area contributed by atoms with E-state index in [1.165, 1.54) is 51.4 Å². The van der Waals surface area contributed by atoms with Crippen LogP contribution in [-0.4, -0.2) is 36.3 Å². The molecule has 2 fully saturated rings. The van der Waals surface area contributed by atoms with Gasteiger partial charge >= 0.3 is 0 Å². The molecule has 15 heavy (non-hydrogen) atoms. The zero-order valence-electron chi connectivity index (χ0n) is 9.79. The predicted molar refractivity (Wildman–Crippen MR) is 61.2 cm³/mol. The summed E-state index contributed by atoms with van der Waals surface area (Å²) in [5.74, 6) is 0. The molecule has 0 unspecified atom stereocenters. The molecule has 0 radical (unpaired) electrons. The van der Waals surface area contributed by atoms with E-state index in [1.54, 1.807) is 0 Å². The van der Waals surface area contributed by atoms with E-state index in [1.807, 2.05) is 0 Å². The lowest BCUT2D eigenvalue weighted by Crippen LogP contribution is -2.36. The van der Waals surface area contributed by atoms with E-state index in [9.17, 15) is 0 Å². The lowest BCUT2D eigenvalue weighted by Gasteiger charge is -2.27. The van der Waals surface area contributed by atoms with E-state index in [0.717, 1.165) is 26.2 Å². The van der Waals surface area contributed by atoms with Gasteiger partial charge < -0.3 is 0 Å². The summed E-state index contributed by atoms with van der Waals surface area (Å²) in [6.45, 7) is 4.49. The van der Waals surface area contributed by atoms with Gasteiger partial charge in [0.25, 0.3) is 0 Å². The quantitative estimate of drug-likeness (QED) is 0.699. The van der Waals surface area contributed by atoms with Gasteiger partial charge in [0.1, 0.15) is 0 Å². The molecule has 0 spiro atoms. The van der Waals surface area contributed by atoms with Gasteiger partial charge in [0.15, 0.2) is 0 Å². The summed E-state index contributed by atoms with van der Waals surface area (Å²) in [5.41, 5.74) is 0. The molecule has 2 rings (SSSR count). The van der Waals surface area contributed by atoms with Crippen LogP contribution in [0.25, 0.3) is 0 Å². The van der Waals surface area contributed by atoms with E-state index in [4.69, 9.17) is 4.94 Å². The Kier molecular flexibility index (Phi) is 4.90. The first-order valence-corrected chi connectivity index (χ1v) is 6.63. The summed E-state index contributed by atoms with van der Waals surface area (Å²) in [6.07, 6.45) is 10.7. The SMILES string of the molecule is C1CCCN(ON2CCCCCC2)CC1. The lowest BCUT2D eigenvalue weighted by atomic mass is 10.2. The molecule has 0 bridgehead atoms. The summed E-state index contributed by atoms with van der Waals surface area (Å²) >= 11 is 0. The number of hydrogen-bond acceptors (Lipinski definition) is 3. The van der Waals surface area contributed by atoms with E-state index in [0.29, 0.717) is 0 Å². The third kappa shape index (κ3) is 4.09. The fourth-order valence-electron chi connectivity index (χ4n) is 2.41. The molecule has 2 heterocycles. The molecule has 0 atom stereocenters. The second kappa shape index (κ2) is 6.46. The molecule has 0 aromatic carbocycles. The molecule has 88 valence electrons. The van der Waals surface area contributed by atoms with Gasteiger partial charge in [0, 0.05) is 26.2 Å². The highest BCUT2D eigenvalue weighted by Crippen LogP contribution is 2.14. The molecule has 0 aromatic rings. The Morgan fingerprint density at radius 2 is 0.800 bits per heavy atom. The van der Waals surface area contributed by atoms with Gasteiger partial charge in [-0.1, -0.05) is 25.7 Å². The number of hydrogen-bond donors (Lipinski definition) is 0. The highest BCUT2D eigenvalue weighted by Gasteiger charge is 2.15. The van der Waals surface area contributed by atoms with Crippen molar-refractivity contribution in [2.45, 2.75) is 51.4 Å². The highest BCUT2D eigenvalue weighted by molar-refractivity contribution is 4.58. The molecule has 2 aliphatic heterocycles. The Hall–Kier alpha value is -0.120. The van der Waals surface area contributed by atoms with Crippen molar-refractivity contribution in [1.29, 1.82) is 0 Å². The maximum absolute atomic E-state index is 5.96. The zero-order valence-corrected chi connectivity index (χ0v) is 9.79. The number of rotatable bonds is 2. The van der Waals surface area contributed by atoms with Crippen LogP contribution in [-0.2, 0) is 4.94 Å². The average molecular weight is 212 g/mol. The van der Waals surface area contributed by atoms with Crippen LogP contribution in [0.15, 0.2) is 0 Å². The largest absolute Gasteiger partial charge is 0.208 e. The van der Waals surface area contributed by atoms with Crippen LogP contribution in [0.1, 0.15) is 51.4 Å². The van der Waals surface area contributed by atoms with Gasteiger partial charge in [-0.2, -0.15) is 10.1 Å². The van der Waals surface area contributed by atoms with Crippen molar-refractivity contribution >= 4 is 0 Å². The minimum Gasteiger partial charge on any atom is -0.208 e. The Morgan fingerprint density at radius 1 is 0.467 bits per heavy atom. The molecule has 0 aliphatic carbocycles.